The smallest absolute Gasteiger partial charge is 0.237 e. The summed E-state index contributed by atoms with van der Waals surface area (Å²) in [5, 5.41) is 15.1. The van der Waals surface area contributed by atoms with Crippen molar-refractivity contribution in [2.75, 3.05) is 20.3 Å². The molecule has 5 nitrogen and oxygen atoms in total. The summed E-state index contributed by atoms with van der Waals surface area (Å²) in [4.78, 5) is 11.8. The molecule has 0 rings (SSSR count). The Morgan fingerprint density at radius 1 is 1.29 bits per heavy atom. The van der Waals surface area contributed by atoms with E-state index in [1.54, 1.807) is 14.0 Å². The molecule has 0 aromatic rings. The highest BCUT2D eigenvalue weighted by atomic mass is 16.5. The van der Waals surface area contributed by atoms with Crippen molar-refractivity contribution in [3.05, 3.63) is 0 Å². The third-order valence-corrected chi connectivity index (χ3v) is 2.80. The van der Waals surface area contributed by atoms with Crippen molar-refractivity contribution in [3.63, 3.8) is 0 Å². The fraction of sp³-hybridized carbons (Fsp3) is 0.917. The lowest BCUT2D eigenvalue weighted by atomic mass is 10.1. The zero-order chi connectivity index (χ0) is 13.3. The van der Waals surface area contributed by atoms with Crippen LogP contribution in [0.1, 0.15) is 33.6 Å². The maximum absolute atomic E-state index is 11.8. The fourth-order valence-corrected chi connectivity index (χ4v) is 1.60. The van der Waals surface area contributed by atoms with Crippen molar-refractivity contribution in [2.45, 2.75) is 51.7 Å². The number of hydrogen-bond acceptors (Lipinski definition) is 4. The first-order chi connectivity index (χ1) is 8.08. The molecule has 0 aliphatic rings. The van der Waals surface area contributed by atoms with Gasteiger partial charge in [-0.15, -0.1) is 0 Å². The third-order valence-electron chi connectivity index (χ3n) is 2.80. The average Bonchev–Trinajstić information content (AvgIpc) is 2.34. The van der Waals surface area contributed by atoms with Crippen LogP contribution in [0.4, 0.5) is 0 Å². The van der Waals surface area contributed by atoms with Gasteiger partial charge in [0.25, 0.3) is 0 Å². The number of carbonyl (C=O) groups is 1. The number of nitrogens with one attached hydrogen (secondary N) is 2. The Hall–Kier alpha value is -0.650. The molecule has 0 heterocycles. The van der Waals surface area contributed by atoms with Gasteiger partial charge in [-0.2, -0.15) is 0 Å². The Bertz CT molecular complexity index is 208. The van der Waals surface area contributed by atoms with Crippen LogP contribution in [0, 0.1) is 0 Å². The van der Waals surface area contributed by atoms with E-state index in [-0.39, 0.29) is 30.6 Å². The molecule has 17 heavy (non-hydrogen) atoms. The van der Waals surface area contributed by atoms with Gasteiger partial charge >= 0.3 is 0 Å². The van der Waals surface area contributed by atoms with Crippen molar-refractivity contribution in [3.8, 4) is 0 Å². The number of aliphatic hydroxyl groups is 1. The van der Waals surface area contributed by atoms with Crippen LogP contribution in [-0.4, -0.2) is 49.5 Å². The maximum atomic E-state index is 11.8. The van der Waals surface area contributed by atoms with Crippen LogP contribution in [0.25, 0.3) is 0 Å². The van der Waals surface area contributed by atoms with E-state index in [0.29, 0.717) is 6.61 Å². The van der Waals surface area contributed by atoms with Gasteiger partial charge in [-0.3, -0.25) is 10.1 Å². The molecule has 2 atom stereocenters. The van der Waals surface area contributed by atoms with Crippen molar-refractivity contribution < 1.29 is 14.6 Å². The third kappa shape index (κ3) is 6.61. The van der Waals surface area contributed by atoms with Crippen LogP contribution in [0.15, 0.2) is 0 Å². The molecule has 0 aromatic heterocycles. The van der Waals surface area contributed by atoms with Crippen LogP contribution in [-0.2, 0) is 9.53 Å². The van der Waals surface area contributed by atoms with Crippen molar-refractivity contribution in [2.24, 2.45) is 0 Å². The Kier molecular flexibility index (Phi) is 9.03. The van der Waals surface area contributed by atoms with Gasteiger partial charge in [-0.25, -0.2) is 0 Å². The minimum Gasteiger partial charge on any atom is -0.395 e. The molecule has 1 amide bonds. The van der Waals surface area contributed by atoms with E-state index in [1.807, 2.05) is 13.8 Å². The second-order valence-electron chi connectivity index (χ2n) is 4.25. The highest BCUT2D eigenvalue weighted by molar-refractivity contribution is 5.81. The van der Waals surface area contributed by atoms with E-state index in [9.17, 15) is 4.79 Å². The number of rotatable bonds is 9. The number of ether oxygens (including phenoxy) is 1. The number of amides is 1. The van der Waals surface area contributed by atoms with E-state index >= 15 is 0 Å². The summed E-state index contributed by atoms with van der Waals surface area (Å²) in [6.45, 7) is 6.23. The molecule has 0 aliphatic carbocycles. The summed E-state index contributed by atoms with van der Waals surface area (Å²) in [6, 6.07) is -0.313. The van der Waals surface area contributed by atoms with Gasteiger partial charge in [0.1, 0.15) is 0 Å². The number of methoxy groups -OCH3 is 1. The summed E-state index contributed by atoms with van der Waals surface area (Å²) < 4.78 is 4.94. The fourth-order valence-electron chi connectivity index (χ4n) is 1.60. The van der Waals surface area contributed by atoms with Gasteiger partial charge in [-0.1, -0.05) is 13.8 Å². The molecule has 5 heteroatoms. The van der Waals surface area contributed by atoms with Crippen LogP contribution in [0.2, 0.25) is 0 Å². The predicted molar refractivity (Wildman–Crippen MR) is 67.9 cm³/mol. The highest BCUT2D eigenvalue weighted by Gasteiger charge is 2.18. The Labute approximate surface area is 104 Å². The molecule has 0 saturated heterocycles. The van der Waals surface area contributed by atoms with E-state index in [1.165, 1.54) is 0 Å². The van der Waals surface area contributed by atoms with E-state index in [2.05, 4.69) is 10.6 Å². The number of hydrogen-bond donors (Lipinski definition) is 3. The molecule has 3 N–H and O–H groups in total. The molecule has 0 radical (unpaired) electrons. The molecule has 0 aliphatic heterocycles. The van der Waals surface area contributed by atoms with Crippen LogP contribution >= 0.6 is 0 Å². The Morgan fingerprint density at radius 3 is 2.29 bits per heavy atom. The monoisotopic (exact) mass is 246 g/mol. The lowest BCUT2D eigenvalue weighted by Gasteiger charge is -2.23. The summed E-state index contributed by atoms with van der Waals surface area (Å²) in [5.41, 5.74) is 0. The van der Waals surface area contributed by atoms with Crippen LogP contribution < -0.4 is 10.6 Å². The lowest BCUT2D eigenvalue weighted by molar-refractivity contribution is -0.123. The SMILES string of the molecule is CCC(CC)NC(=O)C(C)NC(CO)COC. The van der Waals surface area contributed by atoms with Gasteiger partial charge in [0.2, 0.25) is 5.91 Å². The summed E-state index contributed by atoms with van der Waals surface area (Å²) in [5.74, 6) is -0.0340. The lowest BCUT2D eigenvalue weighted by Crippen LogP contribution is -2.51. The number of carbonyl (C=O) groups excluding carboxylic acids is 1. The second-order valence-corrected chi connectivity index (χ2v) is 4.25. The minimum absolute atomic E-state index is 0.0340. The number of aliphatic hydroxyl groups excluding tert-OH is 1. The van der Waals surface area contributed by atoms with Crippen molar-refractivity contribution in [1.29, 1.82) is 0 Å². The van der Waals surface area contributed by atoms with E-state index < -0.39 is 0 Å². The Morgan fingerprint density at radius 2 is 1.88 bits per heavy atom. The molecule has 0 aromatic carbocycles. The molecule has 0 bridgehead atoms. The molecular weight excluding hydrogens is 220 g/mol. The van der Waals surface area contributed by atoms with Gasteiger partial charge in [-0.05, 0) is 19.8 Å². The van der Waals surface area contributed by atoms with Crippen LogP contribution in [0.5, 0.6) is 0 Å². The van der Waals surface area contributed by atoms with Gasteiger partial charge in [0, 0.05) is 13.2 Å². The molecule has 2 unspecified atom stereocenters. The van der Waals surface area contributed by atoms with E-state index in [0.717, 1.165) is 12.8 Å². The first kappa shape index (κ1) is 16.4. The summed E-state index contributed by atoms with van der Waals surface area (Å²) in [6.07, 6.45) is 1.85. The molecule has 0 spiro atoms. The van der Waals surface area contributed by atoms with Crippen molar-refractivity contribution >= 4 is 5.91 Å². The predicted octanol–water partition coefficient (Wildman–Crippen LogP) is 0.277. The quantitative estimate of drug-likeness (QED) is 0.546. The normalized spacial score (nSPS) is 14.7. The summed E-state index contributed by atoms with van der Waals surface area (Å²) in [7, 11) is 1.57. The average molecular weight is 246 g/mol. The molecule has 0 saturated carbocycles. The Balaban J connectivity index is 4.10. The minimum atomic E-state index is -0.331. The van der Waals surface area contributed by atoms with Crippen LogP contribution in [0.3, 0.4) is 0 Å². The van der Waals surface area contributed by atoms with Gasteiger partial charge in [0.05, 0.1) is 25.3 Å². The standard InChI is InChI=1S/C12H26N2O3/c1-5-10(6-2)14-12(16)9(3)13-11(7-15)8-17-4/h9-11,13,15H,5-8H2,1-4H3,(H,14,16). The first-order valence-electron chi connectivity index (χ1n) is 6.25. The molecule has 102 valence electrons. The van der Waals surface area contributed by atoms with Gasteiger partial charge < -0.3 is 15.2 Å². The molecule has 0 fully saturated rings. The first-order valence-corrected chi connectivity index (χ1v) is 6.25. The van der Waals surface area contributed by atoms with Crippen molar-refractivity contribution in [1.82, 2.24) is 10.6 Å². The largest absolute Gasteiger partial charge is 0.395 e. The summed E-state index contributed by atoms with van der Waals surface area (Å²) >= 11 is 0. The maximum Gasteiger partial charge on any atom is 0.237 e. The van der Waals surface area contributed by atoms with Gasteiger partial charge in [0.15, 0.2) is 0 Å². The molecular formula is C12H26N2O3. The topological polar surface area (TPSA) is 70.6 Å². The zero-order valence-corrected chi connectivity index (χ0v) is 11.3. The zero-order valence-electron chi connectivity index (χ0n) is 11.3. The second kappa shape index (κ2) is 9.39. The highest BCUT2D eigenvalue weighted by Crippen LogP contribution is 1.97. The van der Waals surface area contributed by atoms with E-state index in [4.69, 9.17) is 9.84 Å².